The van der Waals surface area contributed by atoms with Gasteiger partial charge in [-0.25, -0.2) is 0 Å². The van der Waals surface area contributed by atoms with Gasteiger partial charge in [0.1, 0.15) is 5.75 Å². The Labute approximate surface area is 101 Å². The van der Waals surface area contributed by atoms with Gasteiger partial charge in [-0.1, -0.05) is 29.8 Å². The Morgan fingerprint density at radius 2 is 2.08 bits per heavy atom. The number of hydrogen-bond acceptors (Lipinski definition) is 1. The van der Waals surface area contributed by atoms with Crippen molar-refractivity contribution in [3.8, 4) is 5.75 Å². The molecule has 0 amide bonds. The molecule has 0 atom stereocenters. The summed E-state index contributed by atoms with van der Waals surface area (Å²) in [5, 5.41) is 0. The normalized spacial score (nSPS) is 10.5. The van der Waals surface area contributed by atoms with Gasteiger partial charge in [0.25, 0.3) is 0 Å². The Morgan fingerprint density at radius 3 is 2.62 bits per heavy atom. The predicted octanol–water partition coefficient (Wildman–Crippen LogP) is 4.09. The van der Waals surface area contributed by atoms with Crippen molar-refractivity contribution >= 4 is 38.5 Å². The molecule has 72 valence electrons. The third-order valence-electron chi connectivity index (χ3n) is 1.42. The standard InChI is InChI=1S/C10H12BrIO/c1-7(2)6-13-10-4-8(11)3-9(12)5-10/h3-5,7H,6H2,1-2H3. The molecule has 0 aliphatic carbocycles. The number of ether oxygens (including phenoxy) is 1. The Balaban J connectivity index is 2.66. The summed E-state index contributed by atoms with van der Waals surface area (Å²) in [7, 11) is 0. The van der Waals surface area contributed by atoms with Crippen LogP contribution in [0.15, 0.2) is 22.7 Å². The van der Waals surface area contributed by atoms with E-state index < -0.39 is 0 Å². The molecule has 0 saturated heterocycles. The molecule has 0 aliphatic rings. The van der Waals surface area contributed by atoms with Gasteiger partial charge in [0.2, 0.25) is 0 Å². The third-order valence-corrected chi connectivity index (χ3v) is 2.50. The fourth-order valence-electron chi connectivity index (χ4n) is 0.875. The van der Waals surface area contributed by atoms with Crippen molar-refractivity contribution in [1.82, 2.24) is 0 Å². The first-order valence-electron chi connectivity index (χ1n) is 4.17. The monoisotopic (exact) mass is 354 g/mol. The van der Waals surface area contributed by atoms with E-state index in [1.807, 2.05) is 12.1 Å². The maximum Gasteiger partial charge on any atom is 0.121 e. The van der Waals surface area contributed by atoms with Crippen molar-refractivity contribution < 1.29 is 4.74 Å². The Morgan fingerprint density at radius 1 is 1.38 bits per heavy atom. The SMILES string of the molecule is CC(C)COc1cc(Br)cc(I)c1. The summed E-state index contributed by atoms with van der Waals surface area (Å²) in [4.78, 5) is 0. The fourth-order valence-corrected chi connectivity index (χ4v) is 2.42. The highest BCUT2D eigenvalue weighted by atomic mass is 127. The van der Waals surface area contributed by atoms with Crippen LogP contribution in [-0.2, 0) is 0 Å². The van der Waals surface area contributed by atoms with Gasteiger partial charge in [-0.2, -0.15) is 0 Å². The zero-order valence-electron chi connectivity index (χ0n) is 7.68. The number of halogens is 2. The highest BCUT2D eigenvalue weighted by Crippen LogP contribution is 2.22. The van der Waals surface area contributed by atoms with E-state index in [0.717, 1.165) is 16.8 Å². The Kier molecular flexibility index (Phi) is 4.52. The second-order valence-corrected chi connectivity index (χ2v) is 5.47. The van der Waals surface area contributed by atoms with Gasteiger partial charge in [-0.05, 0) is 46.7 Å². The van der Waals surface area contributed by atoms with E-state index in [9.17, 15) is 0 Å². The molecule has 1 aromatic carbocycles. The summed E-state index contributed by atoms with van der Waals surface area (Å²) in [6.07, 6.45) is 0. The molecule has 0 aliphatic heterocycles. The lowest BCUT2D eigenvalue weighted by Crippen LogP contribution is -2.04. The molecular formula is C10H12BrIO. The summed E-state index contributed by atoms with van der Waals surface area (Å²) in [5.41, 5.74) is 0. The summed E-state index contributed by atoms with van der Waals surface area (Å²) >= 11 is 5.71. The highest BCUT2D eigenvalue weighted by Gasteiger charge is 1.99. The molecule has 0 fully saturated rings. The van der Waals surface area contributed by atoms with Gasteiger partial charge < -0.3 is 4.74 Å². The zero-order chi connectivity index (χ0) is 9.84. The highest BCUT2D eigenvalue weighted by molar-refractivity contribution is 14.1. The van der Waals surface area contributed by atoms with Crippen LogP contribution in [0.25, 0.3) is 0 Å². The molecule has 0 radical (unpaired) electrons. The second kappa shape index (κ2) is 5.20. The first kappa shape index (κ1) is 11.3. The quantitative estimate of drug-likeness (QED) is 0.743. The maximum atomic E-state index is 5.59. The number of rotatable bonds is 3. The van der Waals surface area contributed by atoms with Crippen LogP contribution < -0.4 is 4.74 Å². The molecule has 0 aromatic heterocycles. The minimum Gasteiger partial charge on any atom is -0.493 e. The van der Waals surface area contributed by atoms with Gasteiger partial charge >= 0.3 is 0 Å². The average molecular weight is 355 g/mol. The van der Waals surface area contributed by atoms with E-state index in [2.05, 4.69) is 58.4 Å². The number of benzene rings is 1. The number of hydrogen-bond donors (Lipinski definition) is 0. The third kappa shape index (κ3) is 4.31. The topological polar surface area (TPSA) is 9.23 Å². The second-order valence-electron chi connectivity index (χ2n) is 3.31. The molecule has 0 bridgehead atoms. The van der Waals surface area contributed by atoms with Crippen LogP contribution in [-0.4, -0.2) is 6.61 Å². The van der Waals surface area contributed by atoms with E-state index >= 15 is 0 Å². The van der Waals surface area contributed by atoms with E-state index in [1.54, 1.807) is 0 Å². The van der Waals surface area contributed by atoms with Crippen molar-refractivity contribution in [2.24, 2.45) is 5.92 Å². The van der Waals surface area contributed by atoms with E-state index in [-0.39, 0.29) is 0 Å². The van der Waals surface area contributed by atoms with E-state index in [4.69, 9.17) is 4.74 Å². The van der Waals surface area contributed by atoms with Crippen LogP contribution in [0.2, 0.25) is 0 Å². The lowest BCUT2D eigenvalue weighted by molar-refractivity contribution is 0.271. The van der Waals surface area contributed by atoms with Crippen molar-refractivity contribution in [1.29, 1.82) is 0 Å². The van der Waals surface area contributed by atoms with Gasteiger partial charge in [0.05, 0.1) is 6.61 Å². The summed E-state index contributed by atoms with van der Waals surface area (Å²) in [5.74, 6) is 1.50. The maximum absolute atomic E-state index is 5.59. The molecular weight excluding hydrogens is 343 g/mol. The molecule has 0 heterocycles. The minimum absolute atomic E-state index is 0.566. The Hall–Kier alpha value is 0.230. The van der Waals surface area contributed by atoms with Crippen LogP contribution in [0.4, 0.5) is 0 Å². The predicted molar refractivity (Wildman–Crippen MR) is 67.2 cm³/mol. The Bertz CT molecular complexity index is 266. The molecule has 0 unspecified atom stereocenters. The zero-order valence-corrected chi connectivity index (χ0v) is 11.4. The van der Waals surface area contributed by atoms with E-state index in [1.165, 1.54) is 3.57 Å². The fraction of sp³-hybridized carbons (Fsp3) is 0.400. The van der Waals surface area contributed by atoms with E-state index in [0.29, 0.717) is 5.92 Å². The van der Waals surface area contributed by atoms with Crippen LogP contribution in [0.3, 0.4) is 0 Å². The summed E-state index contributed by atoms with van der Waals surface area (Å²) < 4.78 is 7.85. The summed E-state index contributed by atoms with van der Waals surface area (Å²) in [6.45, 7) is 5.05. The average Bonchev–Trinajstić information content (AvgIpc) is 1.99. The van der Waals surface area contributed by atoms with Crippen molar-refractivity contribution in [2.45, 2.75) is 13.8 Å². The molecule has 13 heavy (non-hydrogen) atoms. The smallest absolute Gasteiger partial charge is 0.121 e. The first-order chi connectivity index (χ1) is 6.08. The van der Waals surface area contributed by atoms with Crippen LogP contribution in [0.5, 0.6) is 5.75 Å². The summed E-state index contributed by atoms with van der Waals surface area (Å²) in [6, 6.07) is 6.08. The van der Waals surface area contributed by atoms with Crippen LogP contribution in [0, 0.1) is 9.49 Å². The van der Waals surface area contributed by atoms with Gasteiger partial charge in [0.15, 0.2) is 0 Å². The van der Waals surface area contributed by atoms with Crippen LogP contribution >= 0.6 is 38.5 Å². The van der Waals surface area contributed by atoms with Gasteiger partial charge in [0, 0.05) is 8.04 Å². The molecule has 1 aromatic rings. The molecule has 1 nitrogen and oxygen atoms in total. The van der Waals surface area contributed by atoms with Gasteiger partial charge in [-0.3, -0.25) is 0 Å². The lowest BCUT2D eigenvalue weighted by atomic mass is 10.2. The van der Waals surface area contributed by atoms with Crippen molar-refractivity contribution in [2.75, 3.05) is 6.61 Å². The molecule has 0 saturated carbocycles. The lowest BCUT2D eigenvalue weighted by Gasteiger charge is -2.09. The molecule has 0 N–H and O–H groups in total. The molecule has 3 heteroatoms. The van der Waals surface area contributed by atoms with Crippen molar-refractivity contribution in [3.63, 3.8) is 0 Å². The van der Waals surface area contributed by atoms with Crippen molar-refractivity contribution in [3.05, 3.63) is 26.2 Å². The van der Waals surface area contributed by atoms with Crippen LogP contribution in [0.1, 0.15) is 13.8 Å². The molecule has 1 rings (SSSR count). The first-order valence-corrected chi connectivity index (χ1v) is 6.04. The van der Waals surface area contributed by atoms with Gasteiger partial charge in [-0.15, -0.1) is 0 Å². The molecule has 0 spiro atoms. The largest absolute Gasteiger partial charge is 0.493 e. The minimum atomic E-state index is 0.566.